The fourth-order valence-corrected chi connectivity index (χ4v) is 5.34. The van der Waals surface area contributed by atoms with Crippen LogP contribution in [0.15, 0.2) is 60.7 Å². The van der Waals surface area contributed by atoms with Gasteiger partial charge in [0.2, 0.25) is 5.91 Å². The normalized spacial score (nSPS) is 12.3. The van der Waals surface area contributed by atoms with Crippen LogP contribution in [-0.2, 0) is 11.2 Å². The predicted octanol–water partition coefficient (Wildman–Crippen LogP) is 3.94. The molecule has 2 heterocycles. The van der Waals surface area contributed by atoms with E-state index in [9.17, 15) is 9.59 Å². The fourth-order valence-electron chi connectivity index (χ4n) is 2.91. The lowest BCUT2D eigenvalue weighted by molar-refractivity contribution is -0.119. The van der Waals surface area contributed by atoms with Gasteiger partial charge in [-0.05, 0) is 17.7 Å². The van der Waals surface area contributed by atoms with Gasteiger partial charge >= 0.3 is 0 Å². The molecule has 26 heavy (non-hydrogen) atoms. The number of fused-ring (bicyclic) bond motifs is 3. The molecule has 0 saturated carbocycles. The summed E-state index contributed by atoms with van der Waals surface area (Å²) in [7, 11) is 0. The number of carbonyl (C=O) groups is 2. The monoisotopic (exact) mass is 380 g/mol. The first-order valence-corrected chi connectivity index (χ1v) is 9.80. The molecule has 0 spiro atoms. The lowest BCUT2D eigenvalue weighted by Crippen LogP contribution is -2.45. The number of benzene rings is 2. The molecule has 0 aliphatic carbocycles. The molecule has 0 radical (unpaired) electrons. The van der Waals surface area contributed by atoms with E-state index in [4.69, 9.17) is 5.73 Å². The predicted molar refractivity (Wildman–Crippen MR) is 108 cm³/mol. The maximum absolute atomic E-state index is 12.6. The third kappa shape index (κ3) is 3.21. The van der Waals surface area contributed by atoms with E-state index < -0.39 is 11.9 Å². The number of carbonyl (C=O) groups excluding carboxylic acids is 2. The number of amides is 2. The van der Waals surface area contributed by atoms with Crippen LogP contribution in [0.2, 0.25) is 0 Å². The van der Waals surface area contributed by atoms with E-state index in [1.165, 1.54) is 16.0 Å². The van der Waals surface area contributed by atoms with Crippen molar-refractivity contribution < 1.29 is 9.59 Å². The molecule has 1 atom stereocenters. The zero-order valence-corrected chi connectivity index (χ0v) is 15.4. The van der Waals surface area contributed by atoms with Crippen LogP contribution < -0.4 is 11.1 Å². The van der Waals surface area contributed by atoms with Gasteiger partial charge in [0, 0.05) is 21.2 Å². The number of primary amides is 1. The molecular weight excluding hydrogens is 364 g/mol. The summed E-state index contributed by atoms with van der Waals surface area (Å²) < 4.78 is 3.40. The van der Waals surface area contributed by atoms with Crippen molar-refractivity contribution in [3.05, 3.63) is 71.1 Å². The van der Waals surface area contributed by atoms with Crippen LogP contribution in [0, 0.1) is 0 Å². The van der Waals surface area contributed by atoms with Crippen molar-refractivity contribution in [3.8, 4) is 0 Å². The molecule has 2 aromatic heterocycles. The van der Waals surface area contributed by atoms with Crippen LogP contribution in [-0.4, -0.2) is 17.9 Å². The van der Waals surface area contributed by atoms with Crippen LogP contribution >= 0.6 is 22.7 Å². The third-order valence-corrected chi connectivity index (χ3v) is 6.62. The highest BCUT2D eigenvalue weighted by Gasteiger charge is 2.21. The Hall–Kier alpha value is -2.70. The van der Waals surface area contributed by atoms with Gasteiger partial charge in [-0.3, -0.25) is 9.59 Å². The minimum absolute atomic E-state index is 0.262. The Morgan fingerprint density at radius 2 is 1.69 bits per heavy atom. The second-order valence-corrected chi connectivity index (χ2v) is 8.16. The average molecular weight is 380 g/mol. The van der Waals surface area contributed by atoms with Gasteiger partial charge in [-0.2, -0.15) is 0 Å². The highest BCUT2D eigenvalue weighted by Crippen LogP contribution is 2.39. The zero-order chi connectivity index (χ0) is 18.1. The molecule has 4 aromatic rings. The Labute approximate surface area is 158 Å². The topological polar surface area (TPSA) is 72.2 Å². The van der Waals surface area contributed by atoms with E-state index in [0.29, 0.717) is 11.3 Å². The fraction of sp³-hybridized carbons (Fsp3) is 0.100. The molecular formula is C20H16N2O2S2. The van der Waals surface area contributed by atoms with Crippen molar-refractivity contribution in [2.45, 2.75) is 12.5 Å². The van der Waals surface area contributed by atoms with Crippen LogP contribution in [0.4, 0.5) is 0 Å². The highest BCUT2D eigenvalue weighted by molar-refractivity contribution is 7.33. The van der Waals surface area contributed by atoms with Gasteiger partial charge in [-0.25, -0.2) is 0 Å². The standard InChI is InChI=1S/C20H16N2O2S2/c21-19(23)14(10-12-6-2-1-3-7-12)22-20(24)17-11-16-18(26-17)13-8-4-5-9-15(13)25-16/h1-9,11,14H,10H2,(H2,21,23)(H,22,24)/t14-/m0/s1. The summed E-state index contributed by atoms with van der Waals surface area (Å²) in [5.74, 6) is -0.798. The summed E-state index contributed by atoms with van der Waals surface area (Å²) in [6.07, 6.45) is 0.380. The molecule has 4 nitrogen and oxygen atoms in total. The van der Waals surface area contributed by atoms with Gasteiger partial charge in [0.15, 0.2) is 0 Å². The van der Waals surface area contributed by atoms with Gasteiger partial charge in [-0.1, -0.05) is 48.5 Å². The Bertz CT molecular complexity index is 1100. The maximum atomic E-state index is 12.6. The smallest absolute Gasteiger partial charge is 0.262 e. The second kappa shape index (κ2) is 6.90. The van der Waals surface area contributed by atoms with Crippen molar-refractivity contribution in [2.24, 2.45) is 5.73 Å². The Morgan fingerprint density at radius 3 is 2.46 bits per heavy atom. The van der Waals surface area contributed by atoms with Crippen molar-refractivity contribution >= 4 is 54.0 Å². The van der Waals surface area contributed by atoms with Crippen LogP contribution in [0.5, 0.6) is 0 Å². The Morgan fingerprint density at radius 1 is 0.962 bits per heavy atom. The summed E-state index contributed by atoms with van der Waals surface area (Å²) in [6.45, 7) is 0. The lowest BCUT2D eigenvalue weighted by Gasteiger charge is -2.15. The molecule has 0 bridgehead atoms. The third-order valence-electron chi connectivity index (χ3n) is 4.20. The minimum atomic E-state index is -0.734. The number of hydrogen-bond acceptors (Lipinski definition) is 4. The quantitative estimate of drug-likeness (QED) is 0.550. The van der Waals surface area contributed by atoms with Crippen LogP contribution in [0.3, 0.4) is 0 Å². The number of rotatable bonds is 5. The summed E-state index contributed by atoms with van der Waals surface area (Å²) in [4.78, 5) is 25.0. The Balaban J connectivity index is 1.57. The lowest BCUT2D eigenvalue weighted by atomic mass is 10.1. The average Bonchev–Trinajstić information content (AvgIpc) is 3.20. The van der Waals surface area contributed by atoms with Gasteiger partial charge < -0.3 is 11.1 Å². The zero-order valence-electron chi connectivity index (χ0n) is 13.8. The maximum Gasteiger partial charge on any atom is 0.262 e. The van der Waals surface area contributed by atoms with Gasteiger partial charge in [-0.15, -0.1) is 22.7 Å². The molecule has 0 aliphatic heterocycles. The van der Waals surface area contributed by atoms with E-state index in [0.717, 1.165) is 20.3 Å². The van der Waals surface area contributed by atoms with E-state index in [1.54, 1.807) is 11.3 Å². The molecule has 3 N–H and O–H groups in total. The van der Waals surface area contributed by atoms with E-state index in [2.05, 4.69) is 17.4 Å². The largest absolute Gasteiger partial charge is 0.368 e. The van der Waals surface area contributed by atoms with E-state index >= 15 is 0 Å². The molecule has 0 aliphatic rings. The molecule has 130 valence electrons. The van der Waals surface area contributed by atoms with Crippen molar-refractivity contribution in [3.63, 3.8) is 0 Å². The molecule has 0 fully saturated rings. The molecule has 4 rings (SSSR count). The SMILES string of the molecule is NC(=O)[C@H](Cc1ccccc1)NC(=O)c1cc2sc3ccccc3c2s1. The number of nitrogens with two attached hydrogens (primary N) is 1. The number of thiophene rings is 2. The molecule has 0 saturated heterocycles. The second-order valence-electron chi connectivity index (χ2n) is 6.02. The Kier molecular flexibility index (Phi) is 4.44. The summed E-state index contributed by atoms with van der Waals surface area (Å²) in [5, 5.41) is 3.94. The van der Waals surface area contributed by atoms with Gasteiger partial charge in [0.25, 0.3) is 5.91 Å². The summed E-state index contributed by atoms with van der Waals surface area (Å²) >= 11 is 3.11. The molecule has 2 amide bonds. The van der Waals surface area contributed by atoms with E-state index in [-0.39, 0.29) is 5.91 Å². The summed E-state index contributed by atoms with van der Waals surface area (Å²) in [5.41, 5.74) is 6.45. The van der Waals surface area contributed by atoms with Gasteiger partial charge in [0.05, 0.1) is 9.58 Å². The molecule has 6 heteroatoms. The van der Waals surface area contributed by atoms with Crippen molar-refractivity contribution in [1.82, 2.24) is 5.32 Å². The van der Waals surface area contributed by atoms with Crippen LogP contribution in [0.1, 0.15) is 15.2 Å². The van der Waals surface area contributed by atoms with Crippen LogP contribution in [0.25, 0.3) is 19.5 Å². The summed E-state index contributed by atoms with van der Waals surface area (Å²) in [6, 6.07) is 18.8. The minimum Gasteiger partial charge on any atom is -0.368 e. The first kappa shape index (κ1) is 16.8. The number of nitrogens with one attached hydrogen (secondary N) is 1. The van der Waals surface area contributed by atoms with Crippen molar-refractivity contribution in [1.29, 1.82) is 0 Å². The molecule has 2 aromatic carbocycles. The van der Waals surface area contributed by atoms with Crippen molar-refractivity contribution in [2.75, 3.05) is 0 Å². The number of hydrogen-bond donors (Lipinski definition) is 2. The molecule has 0 unspecified atom stereocenters. The first-order valence-electron chi connectivity index (χ1n) is 8.17. The van der Waals surface area contributed by atoms with E-state index in [1.807, 2.05) is 48.5 Å². The first-order chi connectivity index (χ1) is 12.6. The highest BCUT2D eigenvalue weighted by atomic mass is 32.1. The van der Waals surface area contributed by atoms with Gasteiger partial charge in [0.1, 0.15) is 6.04 Å².